The lowest BCUT2D eigenvalue weighted by Crippen LogP contribution is -1.85. The van der Waals surface area contributed by atoms with Gasteiger partial charge in [-0.1, -0.05) is 12.1 Å². The zero-order chi connectivity index (χ0) is 19.2. The van der Waals surface area contributed by atoms with Crippen molar-refractivity contribution in [3.63, 3.8) is 0 Å². The Kier molecular flexibility index (Phi) is 5.71. The van der Waals surface area contributed by atoms with Crippen molar-refractivity contribution in [1.82, 2.24) is 0 Å². The second kappa shape index (κ2) is 8.36. The van der Waals surface area contributed by atoms with Crippen LogP contribution in [0, 0.1) is 20.8 Å². The van der Waals surface area contributed by atoms with E-state index in [-0.39, 0.29) is 0 Å². The molecule has 0 radical (unpaired) electrons. The van der Waals surface area contributed by atoms with Crippen molar-refractivity contribution in [3.05, 3.63) is 77.4 Å². The lowest BCUT2D eigenvalue weighted by molar-refractivity contribution is 0.412. The van der Waals surface area contributed by atoms with E-state index in [4.69, 9.17) is 4.74 Å². The fourth-order valence-electron chi connectivity index (χ4n) is 2.48. The molecule has 3 aromatic rings. The summed E-state index contributed by atoms with van der Waals surface area (Å²) in [6, 6.07) is 19.2. The normalized spacial score (nSPS) is 11.4. The van der Waals surface area contributed by atoms with Gasteiger partial charge in [-0.25, -0.2) is 0 Å². The SMILES string of the molecule is COc1cc(N=Nc2ccc(N=Nc3ccc(C)c(C)c3)cc2)ccc1C. The summed E-state index contributed by atoms with van der Waals surface area (Å²) < 4.78 is 5.31. The summed E-state index contributed by atoms with van der Waals surface area (Å²) in [5.74, 6) is 0.800. The van der Waals surface area contributed by atoms with E-state index < -0.39 is 0 Å². The number of rotatable bonds is 5. The molecule has 0 aliphatic rings. The average molecular weight is 358 g/mol. The Bertz CT molecular complexity index is 992. The minimum atomic E-state index is 0.746. The van der Waals surface area contributed by atoms with Crippen LogP contribution in [-0.4, -0.2) is 7.11 Å². The highest BCUT2D eigenvalue weighted by Gasteiger charge is 2.00. The Morgan fingerprint density at radius 3 is 1.48 bits per heavy atom. The molecule has 27 heavy (non-hydrogen) atoms. The van der Waals surface area contributed by atoms with Gasteiger partial charge in [0.1, 0.15) is 5.75 Å². The Labute approximate surface area is 159 Å². The van der Waals surface area contributed by atoms with Crippen LogP contribution in [-0.2, 0) is 0 Å². The number of azo groups is 2. The van der Waals surface area contributed by atoms with E-state index in [1.165, 1.54) is 11.1 Å². The Morgan fingerprint density at radius 2 is 0.963 bits per heavy atom. The first-order valence-electron chi connectivity index (χ1n) is 8.70. The van der Waals surface area contributed by atoms with Gasteiger partial charge in [-0.05, 0) is 79.9 Å². The van der Waals surface area contributed by atoms with Gasteiger partial charge in [-0.15, -0.1) is 0 Å². The van der Waals surface area contributed by atoms with Crippen molar-refractivity contribution in [3.8, 4) is 5.75 Å². The molecule has 0 fully saturated rings. The van der Waals surface area contributed by atoms with Crippen molar-refractivity contribution >= 4 is 22.7 Å². The molecule has 0 aliphatic heterocycles. The van der Waals surface area contributed by atoms with E-state index in [1.807, 2.05) is 67.6 Å². The largest absolute Gasteiger partial charge is 0.496 e. The van der Waals surface area contributed by atoms with Crippen LogP contribution in [0.25, 0.3) is 0 Å². The van der Waals surface area contributed by atoms with Gasteiger partial charge in [0, 0.05) is 6.07 Å². The monoisotopic (exact) mass is 358 g/mol. The van der Waals surface area contributed by atoms with E-state index in [9.17, 15) is 0 Å². The molecule has 136 valence electrons. The maximum atomic E-state index is 5.31. The zero-order valence-electron chi connectivity index (χ0n) is 16.0. The van der Waals surface area contributed by atoms with Crippen LogP contribution in [0.3, 0.4) is 0 Å². The molecule has 0 saturated carbocycles. The third-order valence-electron chi connectivity index (χ3n) is 4.29. The van der Waals surface area contributed by atoms with Crippen molar-refractivity contribution < 1.29 is 4.74 Å². The molecule has 0 spiro atoms. The van der Waals surface area contributed by atoms with Crippen LogP contribution < -0.4 is 4.74 Å². The highest BCUT2D eigenvalue weighted by molar-refractivity contribution is 5.50. The van der Waals surface area contributed by atoms with Crippen molar-refractivity contribution in [2.75, 3.05) is 7.11 Å². The van der Waals surface area contributed by atoms with Gasteiger partial charge in [0.25, 0.3) is 0 Å². The molecule has 3 aromatic carbocycles. The van der Waals surface area contributed by atoms with E-state index >= 15 is 0 Å². The van der Waals surface area contributed by atoms with Crippen molar-refractivity contribution in [2.24, 2.45) is 20.5 Å². The second-order valence-electron chi connectivity index (χ2n) is 6.34. The van der Waals surface area contributed by atoms with Crippen molar-refractivity contribution in [1.29, 1.82) is 0 Å². The van der Waals surface area contributed by atoms with Crippen LogP contribution in [0.2, 0.25) is 0 Å². The quantitative estimate of drug-likeness (QED) is 0.437. The summed E-state index contributed by atoms with van der Waals surface area (Å²) in [5, 5.41) is 17.1. The number of hydrogen-bond donors (Lipinski definition) is 0. The molecule has 3 rings (SSSR count). The third-order valence-corrected chi connectivity index (χ3v) is 4.29. The fraction of sp³-hybridized carbons (Fsp3) is 0.182. The van der Waals surface area contributed by atoms with E-state index in [0.717, 1.165) is 34.1 Å². The average Bonchev–Trinajstić information content (AvgIpc) is 2.69. The minimum Gasteiger partial charge on any atom is -0.496 e. The smallest absolute Gasteiger partial charge is 0.123 e. The Morgan fingerprint density at radius 1 is 0.519 bits per heavy atom. The van der Waals surface area contributed by atoms with Gasteiger partial charge in [-0.3, -0.25) is 0 Å². The van der Waals surface area contributed by atoms with Gasteiger partial charge < -0.3 is 4.74 Å². The van der Waals surface area contributed by atoms with Crippen molar-refractivity contribution in [2.45, 2.75) is 20.8 Å². The molecule has 0 amide bonds. The number of hydrogen-bond acceptors (Lipinski definition) is 5. The van der Waals surface area contributed by atoms with Gasteiger partial charge in [0.05, 0.1) is 29.9 Å². The summed E-state index contributed by atoms with van der Waals surface area (Å²) in [4.78, 5) is 0. The predicted octanol–water partition coefficient (Wildman–Crippen LogP) is 7.45. The molecule has 5 nitrogen and oxygen atoms in total. The summed E-state index contributed by atoms with van der Waals surface area (Å²) in [7, 11) is 1.65. The maximum Gasteiger partial charge on any atom is 0.123 e. The molecule has 0 bridgehead atoms. The molecule has 0 aliphatic carbocycles. The van der Waals surface area contributed by atoms with Gasteiger partial charge in [0.2, 0.25) is 0 Å². The second-order valence-corrected chi connectivity index (χ2v) is 6.34. The molecule has 5 heteroatoms. The van der Waals surface area contributed by atoms with E-state index in [2.05, 4.69) is 34.3 Å². The van der Waals surface area contributed by atoms with Gasteiger partial charge >= 0.3 is 0 Å². The van der Waals surface area contributed by atoms with E-state index in [0.29, 0.717) is 0 Å². The van der Waals surface area contributed by atoms with Gasteiger partial charge in [0.15, 0.2) is 0 Å². The summed E-state index contributed by atoms with van der Waals surface area (Å²) in [6.45, 7) is 6.14. The standard InChI is InChI=1S/C22H22N4O/c1-15-5-7-20(13-17(15)3)25-23-18-9-11-19(12-10-18)24-26-21-8-6-16(2)22(14-21)27-4/h5-14H,1-4H3. The highest BCUT2D eigenvalue weighted by Crippen LogP contribution is 2.27. The number of benzene rings is 3. The fourth-order valence-corrected chi connectivity index (χ4v) is 2.48. The number of nitrogens with zero attached hydrogens (tertiary/aromatic N) is 4. The van der Waals surface area contributed by atoms with Crippen LogP contribution in [0.15, 0.2) is 81.1 Å². The molecular formula is C22H22N4O. The highest BCUT2D eigenvalue weighted by atomic mass is 16.5. The number of ether oxygens (including phenoxy) is 1. The summed E-state index contributed by atoms with van der Waals surface area (Å²) in [5.41, 5.74) is 6.62. The molecular weight excluding hydrogens is 336 g/mol. The molecule has 0 atom stereocenters. The summed E-state index contributed by atoms with van der Waals surface area (Å²) >= 11 is 0. The first-order chi connectivity index (χ1) is 13.0. The Hall–Kier alpha value is -3.34. The first-order valence-corrected chi connectivity index (χ1v) is 8.70. The van der Waals surface area contributed by atoms with Crippen LogP contribution in [0.5, 0.6) is 5.75 Å². The summed E-state index contributed by atoms with van der Waals surface area (Å²) in [6.07, 6.45) is 0. The maximum absolute atomic E-state index is 5.31. The molecule has 0 unspecified atom stereocenters. The third kappa shape index (κ3) is 4.85. The molecule has 0 saturated heterocycles. The lowest BCUT2D eigenvalue weighted by atomic mass is 10.1. The topological polar surface area (TPSA) is 58.7 Å². The number of methoxy groups -OCH3 is 1. The van der Waals surface area contributed by atoms with Crippen LogP contribution in [0.4, 0.5) is 22.7 Å². The molecule has 0 aromatic heterocycles. The Balaban J connectivity index is 1.69. The molecule has 0 heterocycles. The van der Waals surface area contributed by atoms with Gasteiger partial charge in [-0.2, -0.15) is 20.5 Å². The van der Waals surface area contributed by atoms with Crippen LogP contribution in [0.1, 0.15) is 16.7 Å². The number of aryl methyl sites for hydroxylation is 3. The zero-order valence-corrected chi connectivity index (χ0v) is 16.0. The van der Waals surface area contributed by atoms with Crippen LogP contribution >= 0.6 is 0 Å². The lowest BCUT2D eigenvalue weighted by Gasteiger charge is -2.04. The molecule has 0 N–H and O–H groups in total. The first kappa shape index (κ1) is 18.5. The minimum absolute atomic E-state index is 0.746. The van der Waals surface area contributed by atoms with E-state index in [1.54, 1.807) is 7.11 Å². The predicted molar refractivity (Wildman–Crippen MR) is 108 cm³/mol.